The summed E-state index contributed by atoms with van der Waals surface area (Å²) in [7, 11) is 1.65. The molecule has 0 spiro atoms. The Kier molecular flexibility index (Phi) is 7.37. The van der Waals surface area contributed by atoms with Gasteiger partial charge in [0.15, 0.2) is 5.11 Å². The highest BCUT2D eigenvalue weighted by Crippen LogP contribution is 2.40. The summed E-state index contributed by atoms with van der Waals surface area (Å²) >= 11 is 5.78. The number of amides is 1. The predicted molar refractivity (Wildman–Crippen MR) is 149 cm³/mol. The molecule has 5 rings (SSSR count). The van der Waals surface area contributed by atoms with E-state index in [-0.39, 0.29) is 30.2 Å². The monoisotopic (exact) mass is 529 g/mol. The van der Waals surface area contributed by atoms with Crippen molar-refractivity contribution in [3.63, 3.8) is 0 Å². The molecule has 0 saturated carbocycles. The van der Waals surface area contributed by atoms with Gasteiger partial charge in [-0.3, -0.25) is 9.78 Å². The van der Waals surface area contributed by atoms with Crippen LogP contribution in [0.3, 0.4) is 0 Å². The number of hydrogen-bond acceptors (Lipinski definition) is 4. The topological polar surface area (TPSA) is 71.4 Å². The minimum absolute atomic E-state index is 0.179. The van der Waals surface area contributed by atoms with Gasteiger partial charge >= 0.3 is 0 Å². The first-order valence-electron chi connectivity index (χ1n) is 12.3. The summed E-state index contributed by atoms with van der Waals surface area (Å²) in [6, 6.07) is 23.2. The fourth-order valence-electron chi connectivity index (χ4n) is 4.82. The Labute approximate surface area is 226 Å². The van der Waals surface area contributed by atoms with Gasteiger partial charge in [-0.15, -0.1) is 0 Å². The van der Waals surface area contributed by atoms with E-state index in [1.807, 2.05) is 47.4 Å². The summed E-state index contributed by atoms with van der Waals surface area (Å²) in [4.78, 5) is 19.4. The SMILES string of the molecule is COc1ccc(-n2c(C)ccc2[C@@H]2[C@@H](c3ccccn3)NC(=S)N2CCC(=O)Nc2ccc(F)cc2)cc1. The molecule has 1 saturated heterocycles. The van der Waals surface area contributed by atoms with Crippen molar-refractivity contribution in [2.24, 2.45) is 0 Å². The van der Waals surface area contributed by atoms with Gasteiger partial charge < -0.3 is 24.8 Å². The van der Waals surface area contributed by atoms with Gasteiger partial charge in [0.2, 0.25) is 5.91 Å². The molecule has 0 radical (unpaired) electrons. The van der Waals surface area contributed by atoms with Crippen LogP contribution in [-0.4, -0.2) is 39.1 Å². The smallest absolute Gasteiger partial charge is 0.226 e. The van der Waals surface area contributed by atoms with Crippen molar-refractivity contribution in [2.75, 3.05) is 19.0 Å². The highest BCUT2D eigenvalue weighted by Gasteiger charge is 2.41. The normalized spacial score (nSPS) is 16.8. The Bertz CT molecular complexity index is 1420. The lowest BCUT2D eigenvalue weighted by Gasteiger charge is -2.29. The first kappa shape index (κ1) is 25.4. The van der Waals surface area contributed by atoms with Crippen LogP contribution in [0.15, 0.2) is 85.1 Å². The third-order valence-corrected chi connectivity index (χ3v) is 7.00. The maximum atomic E-state index is 13.2. The van der Waals surface area contributed by atoms with Crippen molar-refractivity contribution in [2.45, 2.75) is 25.4 Å². The van der Waals surface area contributed by atoms with Crippen molar-refractivity contribution in [3.8, 4) is 11.4 Å². The van der Waals surface area contributed by atoms with E-state index < -0.39 is 0 Å². The zero-order valence-corrected chi connectivity index (χ0v) is 21.9. The van der Waals surface area contributed by atoms with Crippen LogP contribution in [0.25, 0.3) is 5.69 Å². The third-order valence-electron chi connectivity index (χ3n) is 6.65. The number of thiocarbonyl (C=S) groups is 1. The number of pyridine rings is 1. The lowest BCUT2D eigenvalue weighted by atomic mass is 10.0. The van der Waals surface area contributed by atoms with Crippen LogP contribution < -0.4 is 15.4 Å². The largest absolute Gasteiger partial charge is 0.497 e. The number of carbonyl (C=O) groups excluding carboxylic acids is 1. The van der Waals surface area contributed by atoms with E-state index in [4.69, 9.17) is 17.0 Å². The number of nitrogens with zero attached hydrogens (tertiary/aromatic N) is 3. The minimum Gasteiger partial charge on any atom is -0.497 e. The summed E-state index contributed by atoms with van der Waals surface area (Å²) in [5, 5.41) is 6.83. The van der Waals surface area contributed by atoms with Crippen LogP contribution in [0, 0.1) is 12.7 Å². The van der Waals surface area contributed by atoms with E-state index in [1.165, 1.54) is 12.1 Å². The molecule has 7 nitrogen and oxygen atoms in total. The van der Waals surface area contributed by atoms with E-state index >= 15 is 0 Å². The van der Waals surface area contributed by atoms with E-state index in [0.29, 0.717) is 17.3 Å². The number of anilines is 1. The average molecular weight is 530 g/mol. The van der Waals surface area contributed by atoms with Gasteiger partial charge in [-0.05, 0) is 91.9 Å². The second kappa shape index (κ2) is 11.0. The van der Waals surface area contributed by atoms with Crippen LogP contribution in [-0.2, 0) is 4.79 Å². The van der Waals surface area contributed by atoms with Gasteiger partial charge in [0.05, 0.1) is 24.9 Å². The second-order valence-electron chi connectivity index (χ2n) is 9.06. The lowest BCUT2D eigenvalue weighted by Crippen LogP contribution is -2.33. The first-order valence-corrected chi connectivity index (χ1v) is 12.7. The van der Waals surface area contributed by atoms with Gasteiger partial charge in [-0.1, -0.05) is 6.07 Å². The summed E-state index contributed by atoms with van der Waals surface area (Å²) in [5.74, 6) is 0.250. The van der Waals surface area contributed by atoms with Crippen molar-refractivity contribution >= 4 is 28.9 Å². The van der Waals surface area contributed by atoms with E-state index in [0.717, 1.165) is 28.5 Å². The predicted octanol–water partition coefficient (Wildman–Crippen LogP) is 5.33. The molecule has 1 amide bonds. The maximum Gasteiger partial charge on any atom is 0.226 e. The zero-order chi connectivity index (χ0) is 26.6. The molecule has 9 heteroatoms. The van der Waals surface area contributed by atoms with E-state index in [9.17, 15) is 9.18 Å². The third kappa shape index (κ3) is 5.24. The molecule has 4 aromatic rings. The summed E-state index contributed by atoms with van der Waals surface area (Å²) < 4.78 is 20.8. The fourth-order valence-corrected chi connectivity index (χ4v) is 5.15. The molecule has 38 heavy (non-hydrogen) atoms. The molecular weight excluding hydrogens is 501 g/mol. The Morgan fingerprint density at radius 2 is 1.84 bits per heavy atom. The van der Waals surface area contributed by atoms with E-state index in [2.05, 4.69) is 39.2 Å². The summed E-state index contributed by atoms with van der Waals surface area (Å²) in [6.45, 7) is 2.45. The lowest BCUT2D eigenvalue weighted by molar-refractivity contribution is -0.116. The maximum absolute atomic E-state index is 13.2. The molecule has 0 bridgehead atoms. The number of hydrogen-bond donors (Lipinski definition) is 2. The number of methoxy groups -OCH3 is 1. The number of nitrogens with one attached hydrogen (secondary N) is 2. The van der Waals surface area contributed by atoms with Crippen molar-refractivity contribution in [1.29, 1.82) is 0 Å². The Morgan fingerprint density at radius 1 is 1.08 bits per heavy atom. The molecule has 2 N–H and O–H groups in total. The molecule has 194 valence electrons. The minimum atomic E-state index is -0.352. The van der Waals surface area contributed by atoms with Crippen molar-refractivity contribution < 1.29 is 13.9 Å². The molecule has 3 heterocycles. The number of benzene rings is 2. The highest BCUT2D eigenvalue weighted by molar-refractivity contribution is 7.80. The van der Waals surface area contributed by atoms with Crippen molar-refractivity contribution in [1.82, 2.24) is 19.8 Å². The molecule has 2 aromatic heterocycles. The van der Waals surface area contributed by atoms with Crippen LogP contribution >= 0.6 is 12.2 Å². The highest BCUT2D eigenvalue weighted by atomic mass is 32.1. The van der Waals surface area contributed by atoms with Crippen molar-refractivity contribution in [3.05, 3.63) is 108 Å². The Balaban J connectivity index is 1.46. The molecule has 1 aliphatic heterocycles. The number of aromatic nitrogens is 2. The molecule has 1 fully saturated rings. The fraction of sp³-hybridized carbons (Fsp3) is 0.207. The number of ether oxygens (including phenoxy) is 1. The van der Waals surface area contributed by atoms with Gasteiger partial charge in [-0.25, -0.2) is 4.39 Å². The molecule has 0 aliphatic carbocycles. The Morgan fingerprint density at radius 3 is 2.53 bits per heavy atom. The number of halogens is 1. The van der Waals surface area contributed by atoms with E-state index in [1.54, 1.807) is 25.4 Å². The quantitative estimate of drug-likeness (QED) is 0.301. The van der Waals surface area contributed by atoms with Gasteiger partial charge in [-0.2, -0.15) is 0 Å². The standard InChI is InChI=1S/C29H28FN5O2S/c1-19-6-15-25(35(19)22-11-13-23(37-2)14-12-22)28-27(24-5-3-4-17-31-24)33-29(38)34(28)18-16-26(36)32-21-9-7-20(30)8-10-21/h3-15,17,27-28H,16,18H2,1-2H3,(H,32,36)(H,33,38)/t27-,28-/m1/s1. The number of rotatable bonds is 8. The van der Waals surface area contributed by atoms with Crippen LogP contribution in [0.5, 0.6) is 5.75 Å². The molecule has 2 aromatic carbocycles. The van der Waals surface area contributed by atoms with Gasteiger partial charge in [0, 0.05) is 41.9 Å². The zero-order valence-electron chi connectivity index (χ0n) is 21.1. The summed E-state index contributed by atoms with van der Waals surface area (Å²) in [6.07, 6.45) is 1.97. The Hall–Kier alpha value is -4.24. The molecule has 2 atom stereocenters. The summed E-state index contributed by atoms with van der Waals surface area (Å²) in [5.41, 5.74) is 4.49. The average Bonchev–Trinajstić information content (AvgIpc) is 3.48. The number of carbonyl (C=O) groups is 1. The van der Waals surface area contributed by atoms with Crippen LogP contribution in [0.2, 0.25) is 0 Å². The molecular formula is C29H28FN5O2S. The first-order chi connectivity index (χ1) is 18.4. The van der Waals surface area contributed by atoms with Gasteiger partial charge in [0.25, 0.3) is 0 Å². The van der Waals surface area contributed by atoms with Crippen LogP contribution in [0.1, 0.15) is 35.6 Å². The number of aryl methyl sites for hydroxylation is 1. The molecule has 1 aliphatic rings. The van der Waals surface area contributed by atoms with Gasteiger partial charge in [0.1, 0.15) is 11.6 Å². The van der Waals surface area contributed by atoms with Crippen LogP contribution in [0.4, 0.5) is 10.1 Å². The molecule has 0 unspecified atom stereocenters. The second-order valence-corrected chi connectivity index (χ2v) is 9.44.